The quantitative estimate of drug-likeness (QED) is 0.635. The van der Waals surface area contributed by atoms with Crippen LogP contribution in [-0.2, 0) is 0 Å². The molecule has 5 heteroatoms. The molecule has 3 atom stereocenters. The summed E-state index contributed by atoms with van der Waals surface area (Å²) in [5, 5.41) is 3.52. The lowest BCUT2D eigenvalue weighted by Crippen LogP contribution is -2.48. The molecule has 27 heavy (non-hydrogen) atoms. The zero-order valence-corrected chi connectivity index (χ0v) is 17.4. The van der Waals surface area contributed by atoms with E-state index < -0.39 is 0 Å². The summed E-state index contributed by atoms with van der Waals surface area (Å²) in [4.78, 5) is 9.96. The third kappa shape index (κ3) is 5.30. The Morgan fingerprint density at radius 3 is 2.70 bits per heavy atom. The van der Waals surface area contributed by atoms with Gasteiger partial charge < -0.3 is 19.9 Å². The molecule has 1 N–H and O–H groups in total. The Kier molecular flexibility index (Phi) is 6.86. The molecule has 0 spiro atoms. The molecule has 3 unspecified atom stereocenters. The van der Waals surface area contributed by atoms with Gasteiger partial charge in [-0.1, -0.05) is 19.9 Å². The van der Waals surface area contributed by atoms with Gasteiger partial charge >= 0.3 is 0 Å². The van der Waals surface area contributed by atoms with Crippen molar-refractivity contribution in [2.75, 3.05) is 51.3 Å². The number of hydrogen-bond acceptors (Lipinski definition) is 3. The number of piperidine rings is 1. The number of likely N-dealkylation sites (tertiary alicyclic amines) is 1. The zero-order chi connectivity index (χ0) is 19.2. The van der Waals surface area contributed by atoms with Gasteiger partial charge in [-0.3, -0.25) is 4.99 Å². The topological polar surface area (TPSA) is 40.1 Å². The van der Waals surface area contributed by atoms with Crippen molar-refractivity contribution >= 4 is 11.6 Å². The molecule has 0 aliphatic carbocycles. The predicted molar refractivity (Wildman–Crippen MR) is 114 cm³/mol. The Balaban J connectivity index is 1.60. The number of guanidine groups is 1. The minimum atomic E-state index is 0.615. The molecular formula is C22H36N4O. The van der Waals surface area contributed by atoms with Crippen LogP contribution in [0, 0.1) is 17.8 Å². The van der Waals surface area contributed by atoms with Gasteiger partial charge in [-0.15, -0.1) is 0 Å². The van der Waals surface area contributed by atoms with E-state index in [4.69, 9.17) is 9.73 Å². The first-order chi connectivity index (χ1) is 13.1. The van der Waals surface area contributed by atoms with Crippen LogP contribution < -0.4 is 15.0 Å². The lowest BCUT2D eigenvalue weighted by Gasteiger charge is -2.37. The van der Waals surface area contributed by atoms with E-state index in [9.17, 15) is 0 Å². The highest BCUT2D eigenvalue weighted by atomic mass is 16.5. The minimum Gasteiger partial charge on any atom is -0.497 e. The maximum absolute atomic E-state index is 5.37. The summed E-state index contributed by atoms with van der Waals surface area (Å²) in [6.07, 6.45) is 2.53. The molecule has 1 aromatic rings. The van der Waals surface area contributed by atoms with Crippen LogP contribution in [0.15, 0.2) is 29.3 Å². The SMILES string of the molecule is CCNC(=NCC1CCN(c2cccc(OC)c2)C1)N1CC(C)CC(C)C1. The van der Waals surface area contributed by atoms with Crippen molar-refractivity contribution in [2.24, 2.45) is 22.7 Å². The van der Waals surface area contributed by atoms with E-state index in [2.05, 4.69) is 54.1 Å². The Bertz CT molecular complexity index is 622. The maximum Gasteiger partial charge on any atom is 0.193 e. The number of nitrogens with one attached hydrogen (secondary N) is 1. The molecule has 0 bridgehead atoms. The molecule has 2 saturated heterocycles. The van der Waals surface area contributed by atoms with Gasteiger partial charge in [-0.25, -0.2) is 0 Å². The maximum atomic E-state index is 5.37. The van der Waals surface area contributed by atoms with E-state index in [1.54, 1.807) is 7.11 Å². The van der Waals surface area contributed by atoms with Crippen molar-refractivity contribution in [3.05, 3.63) is 24.3 Å². The molecule has 2 aliphatic rings. The number of nitrogens with zero attached hydrogens (tertiary/aromatic N) is 3. The van der Waals surface area contributed by atoms with Crippen LogP contribution in [0.2, 0.25) is 0 Å². The Morgan fingerprint density at radius 2 is 2.00 bits per heavy atom. The van der Waals surface area contributed by atoms with Gasteiger partial charge in [0.15, 0.2) is 5.96 Å². The summed E-state index contributed by atoms with van der Waals surface area (Å²) in [6.45, 7) is 13.1. The van der Waals surface area contributed by atoms with Crippen LogP contribution in [-0.4, -0.2) is 57.2 Å². The van der Waals surface area contributed by atoms with Gasteiger partial charge in [0.2, 0.25) is 0 Å². The molecule has 5 nitrogen and oxygen atoms in total. The zero-order valence-electron chi connectivity index (χ0n) is 17.4. The highest BCUT2D eigenvalue weighted by Crippen LogP contribution is 2.27. The van der Waals surface area contributed by atoms with E-state index in [1.807, 2.05) is 6.07 Å². The van der Waals surface area contributed by atoms with Crippen LogP contribution in [0.5, 0.6) is 5.75 Å². The highest BCUT2D eigenvalue weighted by Gasteiger charge is 2.26. The van der Waals surface area contributed by atoms with Crippen LogP contribution in [0.3, 0.4) is 0 Å². The average molecular weight is 373 g/mol. The lowest BCUT2D eigenvalue weighted by molar-refractivity contribution is 0.208. The normalized spacial score (nSPS) is 26.4. The number of aliphatic imine (C=N–C) groups is 1. The van der Waals surface area contributed by atoms with Crippen LogP contribution in [0.25, 0.3) is 0 Å². The third-order valence-corrected chi connectivity index (χ3v) is 5.71. The molecule has 2 fully saturated rings. The van der Waals surface area contributed by atoms with E-state index >= 15 is 0 Å². The summed E-state index contributed by atoms with van der Waals surface area (Å²) in [5.74, 6) is 4.14. The highest BCUT2D eigenvalue weighted by molar-refractivity contribution is 5.80. The minimum absolute atomic E-state index is 0.615. The van der Waals surface area contributed by atoms with E-state index in [-0.39, 0.29) is 0 Å². The largest absolute Gasteiger partial charge is 0.497 e. The summed E-state index contributed by atoms with van der Waals surface area (Å²) < 4.78 is 5.37. The molecule has 0 amide bonds. The number of ether oxygens (including phenoxy) is 1. The van der Waals surface area contributed by atoms with Gasteiger partial charge in [0.05, 0.1) is 7.11 Å². The van der Waals surface area contributed by atoms with Gasteiger partial charge in [-0.2, -0.15) is 0 Å². The lowest BCUT2D eigenvalue weighted by atomic mass is 9.92. The molecule has 150 valence electrons. The van der Waals surface area contributed by atoms with Gasteiger partial charge in [0.25, 0.3) is 0 Å². The number of benzene rings is 1. The standard InChI is InChI=1S/C22H36N4O/c1-5-23-22(26-14-17(2)11-18(3)15-26)24-13-19-9-10-25(16-19)20-7-6-8-21(12-20)27-4/h6-8,12,17-19H,5,9-11,13-16H2,1-4H3,(H,23,24). The van der Waals surface area contributed by atoms with Gasteiger partial charge in [0.1, 0.15) is 5.75 Å². The van der Waals surface area contributed by atoms with Crippen molar-refractivity contribution in [3.8, 4) is 5.75 Å². The molecule has 0 radical (unpaired) electrons. The third-order valence-electron chi connectivity index (χ3n) is 5.71. The fraction of sp³-hybridized carbons (Fsp3) is 0.682. The van der Waals surface area contributed by atoms with Crippen molar-refractivity contribution < 1.29 is 4.74 Å². The second kappa shape index (κ2) is 9.34. The van der Waals surface area contributed by atoms with E-state index in [1.165, 1.54) is 18.5 Å². The molecular weight excluding hydrogens is 336 g/mol. The molecule has 0 saturated carbocycles. The molecule has 2 heterocycles. The van der Waals surface area contributed by atoms with E-state index in [0.717, 1.165) is 62.8 Å². The first-order valence-electron chi connectivity index (χ1n) is 10.5. The predicted octanol–water partition coefficient (Wildman–Crippen LogP) is 3.46. The summed E-state index contributed by atoms with van der Waals surface area (Å²) >= 11 is 0. The number of anilines is 1. The van der Waals surface area contributed by atoms with Crippen LogP contribution in [0.1, 0.15) is 33.6 Å². The van der Waals surface area contributed by atoms with E-state index in [0.29, 0.717) is 5.92 Å². The Morgan fingerprint density at radius 1 is 1.22 bits per heavy atom. The number of hydrogen-bond donors (Lipinski definition) is 1. The van der Waals surface area contributed by atoms with Crippen molar-refractivity contribution in [2.45, 2.75) is 33.6 Å². The number of methoxy groups -OCH3 is 1. The second-order valence-electron chi connectivity index (χ2n) is 8.35. The van der Waals surface area contributed by atoms with Gasteiger partial charge in [0, 0.05) is 51.0 Å². The smallest absolute Gasteiger partial charge is 0.193 e. The van der Waals surface area contributed by atoms with Crippen molar-refractivity contribution in [1.29, 1.82) is 0 Å². The Hall–Kier alpha value is -1.91. The van der Waals surface area contributed by atoms with Crippen molar-refractivity contribution in [1.82, 2.24) is 10.2 Å². The molecule has 0 aromatic heterocycles. The molecule has 1 aromatic carbocycles. The summed E-state index contributed by atoms with van der Waals surface area (Å²) in [7, 11) is 1.73. The Labute approximate surface area is 164 Å². The summed E-state index contributed by atoms with van der Waals surface area (Å²) in [6, 6.07) is 8.38. The fourth-order valence-corrected chi connectivity index (χ4v) is 4.50. The molecule has 3 rings (SSSR count). The monoisotopic (exact) mass is 372 g/mol. The van der Waals surface area contributed by atoms with Crippen LogP contribution in [0.4, 0.5) is 5.69 Å². The second-order valence-corrected chi connectivity index (χ2v) is 8.35. The fourth-order valence-electron chi connectivity index (χ4n) is 4.50. The average Bonchev–Trinajstić information content (AvgIpc) is 3.13. The van der Waals surface area contributed by atoms with Crippen LogP contribution >= 0.6 is 0 Å². The van der Waals surface area contributed by atoms with Gasteiger partial charge in [-0.05, 0) is 49.7 Å². The summed E-state index contributed by atoms with van der Waals surface area (Å²) in [5.41, 5.74) is 1.26. The first-order valence-corrected chi connectivity index (χ1v) is 10.5. The molecule has 2 aliphatic heterocycles. The van der Waals surface area contributed by atoms with Crippen molar-refractivity contribution in [3.63, 3.8) is 0 Å². The first kappa shape index (κ1) is 19.8. The number of rotatable bonds is 5.